The van der Waals surface area contributed by atoms with Gasteiger partial charge >= 0.3 is 0 Å². The number of carbonyl (C=O) groups is 1. The predicted molar refractivity (Wildman–Crippen MR) is 94.7 cm³/mol. The highest BCUT2D eigenvalue weighted by Crippen LogP contribution is 2.24. The summed E-state index contributed by atoms with van der Waals surface area (Å²) in [6, 6.07) is 7.55. The first-order chi connectivity index (χ1) is 11.0. The van der Waals surface area contributed by atoms with Crippen molar-refractivity contribution in [2.45, 2.75) is 6.54 Å². The van der Waals surface area contributed by atoms with Gasteiger partial charge in [0.1, 0.15) is 4.60 Å². The molecule has 0 spiro atoms. The molecule has 0 saturated heterocycles. The standard InChI is InChI=1S/C14H10Br2ClN5O/c15-11-12(20-21-13(11)16)14(23)19-9-5-18-22(7-9)6-8-3-1-2-4-10(8)17/h1-5,7H,6H2,(H,19,23)(H,20,21). The number of rotatable bonds is 4. The number of H-pyrrole nitrogens is 1. The number of nitrogens with zero attached hydrogens (tertiary/aromatic N) is 3. The highest BCUT2D eigenvalue weighted by Gasteiger charge is 2.17. The molecular weight excluding hydrogens is 449 g/mol. The number of halogens is 3. The molecule has 0 aliphatic rings. The molecule has 118 valence electrons. The topological polar surface area (TPSA) is 75.6 Å². The summed E-state index contributed by atoms with van der Waals surface area (Å²) >= 11 is 12.7. The second kappa shape index (κ2) is 6.86. The van der Waals surface area contributed by atoms with E-state index in [1.165, 1.54) is 0 Å². The Balaban J connectivity index is 1.71. The molecule has 0 saturated carbocycles. The van der Waals surface area contributed by atoms with Crippen LogP contribution in [0.15, 0.2) is 45.7 Å². The molecule has 3 rings (SSSR count). The summed E-state index contributed by atoms with van der Waals surface area (Å²) in [4.78, 5) is 12.2. The molecule has 6 nitrogen and oxygen atoms in total. The highest BCUT2D eigenvalue weighted by atomic mass is 79.9. The van der Waals surface area contributed by atoms with Crippen LogP contribution in [0.25, 0.3) is 0 Å². The van der Waals surface area contributed by atoms with Gasteiger partial charge < -0.3 is 5.32 Å². The number of amides is 1. The van der Waals surface area contributed by atoms with Crippen molar-refractivity contribution in [3.05, 3.63) is 62.0 Å². The maximum atomic E-state index is 12.2. The fraction of sp³-hybridized carbons (Fsp3) is 0.0714. The van der Waals surface area contributed by atoms with Crippen molar-refractivity contribution in [1.29, 1.82) is 0 Å². The van der Waals surface area contributed by atoms with E-state index in [-0.39, 0.29) is 11.6 Å². The molecule has 0 aliphatic carbocycles. The molecule has 0 unspecified atom stereocenters. The first kappa shape index (κ1) is 16.2. The third-order valence-corrected chi connectivity index (χ3v) is 5.31. The molecule has 3 aromatic rings. The smallest absolute Gasteiger partial charge is 0.277 e. The van der Waals surface area contributed by atoms with E-state index in [2.05, 4.69) is 52.5 Å². The number of hydrogen-bond donors (Lipinski definition) is 2. The number of anilines is 1. The van der Waals surface area contributed by atoms with Gasteiger partial charge in [0.05, 0.1) is 22.9 Å². The third kappa shape index (κ3) is 3.65. The van der Waals surface area contributed by atoms with Gasteiger partial charge in [0.2, 0.25) is 0 Å². The van der Waals surface area contributed by atoms with Crippen LogP contribution in [-0.2, 0) is 6.54 Å². The number of hydrogen-bond acceptors (Lipinski definition) is 3. The van der Waals surface area contributed by atoms with Gasteiger partial charge in [-0.1, -0.05) is 29.8 Å². The fourth-order valence-corrected chi connectivity index (χ4v) is 2.79. The van der Waals surface area contributed by atoms with Gasteiger partial charge in [-0.25, -0.2) is 0 Å². The fourth-order valence-electron chi connectivity index (χ4n) is 1.96. The minimum absolute atomic E-state index is 0.260. The number of aromatic amines is 1. The minimum atomic E-state index is -0.337. The average molecular weight is 460 g/mol. The Labute approximate surface area is 153 Å². The summed E-state index contributed by atoms with van der Waals surface area (Å²) in [5.74, 6) is -0.337. The Bertz CT molecular complexity index is 860. The number of benzene rings is 1. The molecule has 0 radical (unpaired) electrons. The third-order valence-electron chi connectivity index (χ3n) is 3.06. The van der Waals surface area contributed by atoms with Crippen molar-refractivity contribution < 1.29 is 4.79 Å². The van der Waals surface area contributed by atoms with Crippen molar-refractivity contribution in [3.63, 3.8) is 0 Å². The summed E-state index contributed by atoms with van der Waals surface area (Å²) in [6.45, 7) is 0.521. The second-order valence-electron chi connectivity index (χ2n) is 4.67. The van der Waals surface area contributed by atoms with Gasteiger partial charge in [-0.05, 0) is 43.5 Å². The first-order valence-corrected chi connectivity index (χ1v) is 8.47. The van der Waals surface area contributed by atoms with Crippen LogP contribution in [0.5, 0.6) is 0 Å². The van der Waals surface area contributed by atoms with Crippen LogP contribution in [0.1, 0.15) is 16.1 Å². The maximum Gasteiger partial charge on any atom is 0.277 e. The average Bonchev–Trinajstić information content (AvgIpc) is 3.09. The molecule has 1 amide bonds. The monoisotopic (exact) mass is 457 g/mol. The zero-order valence-electron chi connectivity index (χ0n) is 11.6. The number of carbonyl (C=O) groups excluding carboxylic acids is 1. The van der Waals surface area contributed by atoms with Crippen LogP contribution in [-0.4, -0.2) is 25.9 Å². The van der Waals surface area contributed by atoms with E-state index in [9.17, 15) is 4.79 Å². The molecule has 0 bridgehead atoms. The van der Waals surface area contributed by atoms with E-state index in [0.717, 1.165) is 5.56 Å². The van der Waals surface area contributed by atoms with Gasteiger partial charge in [0.15, 0.2) is 5.69 Å². The van der Waals surface area contributed by atoms with E-state index in [0.29, 0.717) is 26.3 Å². The van der Waals surface area contributed by atoms with Crippen molar-refractivity contribution in [3.8, 4) is 0 Å². The Morgan fingerprint density at radius 1 is 1.35 bits per heavy atom. The molecule has 2 heterocycles. The lowest BCUT2D eigenvalue weighted by molar-refractivity contribution is 0.102. The maximum absolute atomic E-state index is 12.2. The van der Waals surface area contributed by atoms with Crippen molar-refractivity contribution >= 4 is 55.1 Å². The minimum Gasteiger partial charge on any atom is -0.318 e. The van der Waals surface area contributed by atoms with Gasteiger partial charge in [0, 0.05) is 11.2 Å². The van der Waals surface area contributed by atoms with Crippen molar-refractivity contribution in [1.82, 2.24) is 20.0 Å². The molecule has 23 heavy (non-hydrogen) atoms. The van der Waals surface area contributed by atoms with Crippen molar-refractivity contribution in [2.24, 2.45) is 0 Å². The van der Waals surface area contributed by atoms with E-state index in [1.54, 1.807) is 17.1 Å². The first-order valence-electron chi connectivity index (χ1n) is 6.51. The van der Waals surface area contributed by atoms with Gasteiger partial charge in [-0.2, -0.15) is 10.2 Å². The van der Waals surface area contributed by atoms with Crippen LogP contribution < -0.4 is 5.32 Å². The van der Waals surface area contributed by atoms with Gasteiger partial charge in [-0.15, -0.1) is 0 Å². The number of nitrogens with one attached hydrogen (secondary N) is 2. The Morgan fingerprint density at radius 3 is 2.83 bits per heavy atom. The Morgan fingerprint density at radius 2 is 2.13 bits per heavy atom. The molecule has 2 aromatic heterocycles. The SMILES string of the molecule is O=C(Nc1cnn(Cc2ccccc2Cl)c1)c1n[nH]c(Br)c1Br. The van der Waals surface area contributed by atoms with Crippen LogP contribution >= 0.6 is 43.5 Å². The van der Waals surface area contributed by atoms with E-state index in [4.69, 9.17) is 11.6 Å². The highest BCUT2D eigenvalue weighted by molar-refractivity contribution is 9.13. The summed E-state index contributed by atoms with van der Waals surface area (Å²) in [5.41, 5.74) is 1.79. The molecule has 1 aromatic carbocycles. The zero-order chi connectivity index (χ0) is 16.4. The van der Waals surface area contributed by atoms with E-state index in [1.807, 2.05) is 24.3 Å². The van der Waals surface area contributed by atoms with Crippen LogP contribution in [0.4, 0.5) is 5.69 Å². The molecule has 2 N–H and O–H groups in total. The van der Waals surface area contributed by atoms with Crippen molar-refractivity contribution in [2.75, 3.05) is 5.32 Å². The van der Waals surface area contributed by atoms with Crippen LogP contribution in [0.2, 0.25) is 5.02 Å². The summed E-state index contributed by atoms with van der Waals surface area (Å²) < 4.78 is 2.88. The summed E-state index contributed by atoms with van der Waals surface area (Å²) in [7, 11) is 0. The second-order valence-corrected chi connectivity index (χ2v) is 6.67. The lowest BCUT2D eigenvalue weighted by atomic mass is 10.2. The molecule has 0 fully saturated rings. The lowest BCUT2D eigenvalue weighted by Crippen LogP contribution is -2.12. The van der Waals surface area contributed by atoms with Gasteiger partial charge in [0.25, 0.3) is 5.91 Å². The molecule has 0 atom stereocenters. The number of aromatic nitrogens is 4. The molecule has 0 aliphatic heterocycles. The van der Waals surface area contributed by atoms with E-state index < -0.39 is 0 Å². The molecular formula is C14H10Br2ClN5O. The lowest BCUT2D eigenvalue weighted by Gasteiger charge is -2.04. The van der Waals surface area contributed by atoms with Crippen LogP contribution in [0, 0.1) is 0 Å². The summed E-state index contributed by atoms with van der Waals surface area (Å²) in [5, 5.41) is 14.2. The predicted octanol–water partition coefficient (Wildman–Crippen LogP) is 4.09. The summed E-state index contributed by atoms with van der Waals surface area (Å²) in [6.07, 6.45) is 3.31. The normalized spacial score (nSPS) is 10.7. The largest absolute Gasteiger partial charge is 0.318 e. The van der Waals surface area contributed by atoms with Crippen LogP contribution in [0.3, 0.4) is 0 Å². The van der Waals surface area contributed by atoms with E-state index >= 15 is 0 Å². The quantitative estimate of drug-likeness (QED) is 0.617. The Kier molecular flexibility index (Phi) is 4.84. The van der Waals surface area contributed by atoms with Gasteiger partial charge in [-0.3, -0.25) is 14.6 Å². The Hall–Kier alpha value is -1.64. The molecule has 9 heteroatoms. The zero-order valence-corrected chi connectivity index (χ0v) is 15.5.